The lowest BCUT2D eigenvalue weighted by atomic mass is 9.75. The molecule has 1 atom stereocenters. The molecule has 0 radical (unpaired) electrons. The highest BCUT2D eigenvalue weighted by Gasteiger charge is 2.40. The molecule has 0 fully saturated rings. The Kier molecular flexibility index (Phi) is 7.46. The van der Waals surface area contributed by atoms with Gasteiger partial charge in [-0.2, -0.15) is 5.26 Å². The second kappa shape index (κ2) is 10.9. The van der Waals surface area contributed by atoms with Crippen molar-refractivity contribution >= 4 is 39.0 Å². The van der Waals surface area contributed by atoms with Gasteiger partial charge in [0.15, 0.2) is 5.78 Å². The molecule has 38 heavy (non-hydrogen) atoms. The van der Waals surface area contributed by atoms with Crippen molar-refractivity contribution in [1.82, 2.24) is 0 Å². The molecule has 3 aromatic rings. The van der Waals surface area contributed by atoms with Gasteiger partial charge in [0.1, 0.15) is 23.9 Å². The molecule has 0 amide bonds. The molecule has 192 valence electrons. The minimum Gasteiger partial charge on any atom is -0.496 e. The molecular formula is C30H25BrClN3O3. The van der Waals surface area contributed by atoms with Gasteiger partial charge in [-0.05, 0) is 66.9 Å². The van der Waals surface area contributed by atoms with Gasteiger partial charge in [0.05, 0.1) is 29.7 Å². The van der Waals surface area contributed by atoms with Crippen LogP contribution in [0.15, 0.2) is 93.9 Å². The Labute approximate surface area is 235 Å². The Balaban J connectivity index is 1.61. The number of nitrogens with two attached hydrogens (primary N) is 1. The number of ketones is 1. The minimum absolute atomic E-state index is 0.0308. The summed E-state index contributed by atoms with van der Waals surface area (Å²) in [7, 11) is 1.59. The molecular weight excluding hydrogens is 566 g/mol. The van der Waals surface area contributed by atoms with Gasteiger partial charge in [0.2, 0.25) is 0 Å². The highest BCUT2D eigenvalue weighted by atomic mass is 79.9. The fourth-order valence-electron chi connectivity index (χ4n) is 5.11. The first-order valence-corrected chi connectivity index (χ1v) is 13.4. The van der Waals surface area contributed by atoms with Crippen molar-refractivity contribution < 1.29 is 14.3 Å². The maximum Gasteiger partial charge on any atom is 0.161 e. The van der Waals surface area contributed by atoms with E-state index in [4.69, 9.17) is 26.8 Å². The van der Waals surface area contributed by atoms with Crippen molar-refractivity contribution in [3.05, 3.63) is 110 Å². The standard InChI is InChI=1S/C30H25BrClN3O3/c1-37-26-14-9-18(15-19(26)17-38-27-8-3-2-5-23(27)32)28-22(16-33)30(34)35(21-12-10-20(31)11-13-21)24-6-4-7-25(36)29(24)28/h2-3,5,8-15,28H,4,6-7,17,34H2,1H3/t28-/m0/s1. The Hall–Kier alpha value is -3.73. The Morgan fingerprint density at radius 2 is 1.87 bits per heavy atom. The van der Waals surface area contributed by atoms with Gasteiger partial charge in [-0.1, -0.05) is 45.7 Å². The van der Waals surface area contributed by atoms with E-state index in [1.807, 2.05) is 59.5 Å². The molecule has 6 nitrogen and oxygen atoms in total. The lowest BCUT2D eigenvalue weighted by Crippen LogP contribution is -2.38. The third-order valence-corrected chi connectivity index (χ3v) is 7.70. The molecule has 0 unspecified atom stereocenters. The van der Waals surface area contributed by atoms with Crippen LogP contribution in [-0.4, -0.2) is 12.9 Å². The van der Waals surface area contributed by atoms with E-state index in [1.54, 1.807) is 19.2 Å². The lowest BCUT2D eigenvalue weighted by Gasteiger charge is -2.39. The number of ether oxygens (including phenoxy) is 2. The number of hydrogen-bond acceptors (Lipinski definition) is 6. The third-order valence-electron chi connectivity index (χ3n) is 6.86. The molecule has 3 aromatic carbocycles. The Morgan fingerprint density at radius 1 is 1.11 bits per heavy atom. The van der Waals surface area contributed by atoms with Crippen LogP contribution in [0.4, 0.5) is 5.69 Å². The molecule has 5 rings (SSSR count). The van der Waals surface area contributed by atoms with Crippen LogP contribution in [0.5, 0.6) is 11.5 Å². The number of Topliss-reactive ketones (excluding diaryl/α,β-unsaturated/α-hetero) is 1. The number of hydrogen-bond donors (Lipinski definition) is 1. The lowest BCUT2D eigenvalue weighted by molar-refractivity contribution is -0.116. The fourth-order valence-corrected chi connectivity index (χ4v) is 5.57. The number of carbonyl (C=O) groups excluding carboxylic acids is 1. The largest absolute Gasteiger partial charge is 0.496 e. The van der Waals surface area contributed by atoms with Crippen LogP contribution in [0.3, 0.4) is 0 Å². The van der Waals surface area contributed by atoms with E-state index in [-0.39, 0.29) is 12.4 Å². The van der Waals surface area contributed by atoms with Crippen LogP contribution in [-0.2, 0) is 11.4 Å². The van der Waals surface area contributed by atoms with Crippen LogP contribution in [0.1, 0.15) is 36.3 Å². The number of benzene rings is 3. The predicted octanol–water partition coefficient (Wildman–Crippen LogP) is 6.99. The van der Waals surface area contributed by atoms with E-state index >= 15 is 0 Å². The highest BCUT2D eigenvalue weighted by molar-refractivity contribution is 9.10. The summed E-state index contributed by atoms with van der Waals surface area (Å²) in [5.41, 5.74) is 10.8. The number of halogens is 2. The molecule has 0 spiro atoms. The number of carbonyl (C=O) groups is 1. The van der Waals surface area contributed by atoms with E-state index in [0.717, 1.165) is 33.4 Å². The van der Waals surface area contributed by atoms with Gasteiger partial charge in [-0.25, -0.2) is 0 Å². The SMILES string of the molecule is COc1ccc([C@H]2C(C#N)=C(N)N(c3ccc(Br)cc3)C3=C2C(=O)CCC3)cc1COc1ccccc1Cl. The van der Waals surface area contributed by atoms with Crippen LogP contribution < -0.4 is 20.1 Å². The Morgan fingerprint density at radius 3 is 2.58 bits per heavy atom. The normalized spacial score (nSPS) is 17.3. The second-order valence-electron chi connectivity index (χ2n) is 9.08. The molecule has 2 aliphatic rings. The van der Waals surface area contributed by atoms with Crippen molar-refractivity contribution in [2.45, 2.75) is 31.8 Å². The maximum absolute atomic E-state index is 13.4. The van der Waals surface area contributed by atoms with Crippen LogP contribution >= 0.6 is 27.5 Å². The topological polar surface area (TPSA) is 88.6 Å². The number of nitrogens with zero attached hydrogens (tertiary/aromatic N) is 2. The minimum atomic E-state index is -0.584. The van der Waals surface area contributed by atoms with E-state index in [2.05, 4.69) is 22.0 Å². The molecule has 2 N–H and O–H groups in total. The molecule has 0 saturated carbocycles. The summed E-state index contributed by atoms with van der Waals surface area (Å²) < 4.78 is 12.5. The molecule has 0 aromatic heterocycles. The van der Waals surface area contributed by atoms with Crippen molar-refractivity contribution in [2.75, 3.05) is 12.0 Å². The van der Waals surface area contributed by atoms with Gasteiger partial charge in [0, 0.05) is 33.4 Å². The predicted molar refractivity (Wildman–Crippen MR) is 151 cm³/mol. The number of para-hydroxylation sites is 1. The molecule has 0 bridgehead atoms. The van der Waals surface area contributed by atoms with Crippen molar-refractivity contribution in [3.63, 3.8) is 0 Å². The third kappa shape index (κ3) is 4.78. The van der Waals surface area contributed by atoms with Gasteiger partial charge < -0.3 is 15.2 Å². The van der Waals surface area contributed by atoms with Gasteiger partial charge in [-0.3, -0.25) is 9.69 Å². The van der Waals surface area contributed by atoms with E-state index in [9.17, 15) is 10.1 Å². The molecule has 8 heteroatoms. The summed E-state index contributed by atoms with van der Waals surface area (Å²) >= 11 is 9.74. The van der Waals surface area contributed by atoms with Crippen LogP contribution in [0, 0.1) is 11.3 Å². The quantitative estimate of drug-likeness (QED) is 0.333. The number of nitriles is 1. The second-order valence-corrected chi connectivity index (χ2v) is 10.4. The van der Waals surface area contributed by atoms with Crippen molar-refractivity contribution in [1.29, 1.82) is 5.26 Å². The summed E-state index contributed by atoms with van der Waals surface area (Å²) in [6.45, 7) is 0.194. The van der Waals surface area contributed by atoms with Crippen molar-refractivity contribution in [3.8, 4) is 17.6 Å². The molecule has 1 heterocycles. The van der Waals surface area contributed by atoms with Gasteiger partial charge in [-0.15, -0.1) is 0 Å². The monoisotopic (exact) mass is 589 g/mol. The average molecular weight is 591 g/mol. The van der Waals surface area contributed by atoms with Crippen LogP contribution in [0.25, 0.3) is 0 Å². The van der Waals surface area contributed by atoms with Crippen LogP contribution in [0.2, 0.25) is 5.02 Å². The summed E-state index contributed by atoms with van der Waals surface area (Å²) in [6, 6.07) is 22.9. The zero-order chi connectivity index (χ0) is 26.8. The van der Waals surface area contributed by atoms with E-state index in [0.29, 0.717) is 46.3 Å². The first-order valence-electron chi connectivity index (χ1n) is 12.2. The molecule has 1 aliphatic heterocycles. The zero-order valence-corrected chi connectivity index (χ0v) is 23.1. The number of methoxy groups -OCH3 is 1. The van der Waals surface area contributed by atoms with Gasteiger partial charge >= 0.3 is 0 Å². The Bertz CT molecular complexity index is 1510. The summed E-state index contributed by atoms with van der Waals surface area (Å²) in [4.78, 5) is 15.3. The average Bonchev–Trinajstić information content (AvgIpc) is 2.93. The summed E-state index contributed by atoms with van der Waals surface area (Å²) in [5, 5.41) is 10.8. The zero-order valence-electron chi connectivity index (χ0n) is 20.7. The highest BCUT2D eigenvalue weighted by Crippen LogP contribution is 2.47. The van der Waals surface area contributed by atoms with Gasteiger partial charge in [0.25, 0.3) is 0 Å². The van der Waals surface area contributed by atoms with E-state index in [1.165, 1.54) is 0 Å². The number of anilines is 1. The summed E-state index contributed by atoms with van der Waals surface area (Å²) in [6.07, 6.45) is 1.85. The number of allylic oxidation sites excluding steroid dienone is 3. The first-order chi connectivity index (χ1) is 18.4. The number of rotatable bonds is 6. The molecule has 1 aliphatic carbocycles. The first kappa shape index (κ1) is 25.9. The molecule has 0 saturated heterocycles. The fraction of sp³-hybridized carbons (Fsp3) is 0.200. The smallest absolute Gasteiger partial charge is 0.161 e. The van der Waals surface area contributed by atoms with E-state index < -0.39 is 5.92 Å². The van der Waals surface area contributed by atoms with Crippen molar-refractivity contribution in [2.24, 2.45) is 5.73 Å². The summed E-state index contributed by atoms with van der Waals surface area (Å²) in [5.74, 6) is 0.965. The maximum atomic E-state index is 13.4.